The van der Waals surface area contributed by atoms with Crippen molar-refractivity contribution in [3.05, 3.63) is 0 Å². The standard InChI is InChI=1S/C3H5F4O4P/c4-2(5)3(6,7)1-11-12(8,9)10/h2H,1H2,(H2,8,9,10). The van der Waals surface area contributed by atoms with Crippen LogP contribution in [0.4, 0.5) is 17.6 Å². The summed E-state index contributed by atoms with van der Waals surface area (Å²) in [6, 6.07) is 0. The Morgan fingerprint density at radius 2 is 1.83 bits per heavy atom. The molecule has 0 atom stereocenters. The van der Waals surface area contributed by atoms with E-state index in [9.17, 15) is 22.1 Å². The third-order valence-electron chi connectivity index (χ3n) is 0.744. The summed E-state index contributed by atoms with van der Waals surface area (Å²) in [5.41, 5.74) is 0. The van der Waals surface area contributed by atoms with Gasteiger partial charge in [-0.15, -0.1) is 0 Å². The molecule has 9 heteroatoms. The van der Waals surface area contributed by atoms with Gasteiger partial charge in [-0.2, -0.15) is 8.78 Å². The van der Waals surface area contributed by atoms with Crippen molar-refractivity contribution in [2.24, 2.45) is 0 Å². The van der Waals surface area contributed by atoms with Crippen LogP contribution in [0.15, 0.2) is 0 Å². The normalized spacial score (nSPS) is 13.9. The lowest BCUT2D eigenvalue weighted by molar-refractivity contribution is -0.151. The first-order valence-electron chi connectivity index (χ1n) is 2.51. The van der Waals surface area contributed by atoms with Crippen LogP contribution in [0.1, 0.15) is 0 Å². The lowest BCUT2D eigenvalue weighted by Crippen LogP contribution is -2.31. The second-order valence-electron chi connectivity index (χ2n) is 1.83. The van der Waals surface area contributed by atoms with Gasteiger partial charge in [0.15, 0.2) is 0 Å². The largest absolute Gasteiger partial charge is 0.469 e. The van der Waals surface area contributed by atoms with Crippen molar-refractivity contribution in [3.63, 3.8) is 0 Å². The molecule has 0 spiro atoms. The van der Waals surface area contributed by atoms with E-state index in [1.54, 1.807) is 0 Å². The first kappa shape index (κ1) is 11.8. The van der Waals surface area contributed by atoms with Crippen LogP contribution in [-0.4, -0.2) is 28.7 Å². The van der Waals surface area contributed by atoms with E-state index < -0.39 is 26.8 Å². The topological polar surface area (TPSA) is 66.8 Å². The molecule has 0 amide bonds. The van der Waals surface area contributed by atoms with Crippen molar-refractivity contribution >= 4 is 7.82 Å². The molecule has 0 aromatic rings. The number of hydrogen-bond acceptors (Lipinski definition) is 2. The molecule has 2 N–H and O–H groups in total. The van der Waals surface area contributed by atoms with Gasteiger partial charge in [0.2, 0.25) is 0 Å². The molecule has 0 aromatic heterocycles. The average Bonchev–Trinajstić information content (AvgIpc) is 1.82. The molecule has 0 aliphatic rings. The minimum atomic E-state index is -5.12. The molecule has 0 aromatic carbocycles. The average molecular weight is 212 g/mol. The minimum Gasteiger partial charge on any atom is -0.303 e. The zero-order chi connectivity index (χ0) is 9.99. The van der Waals surface area contributed by atoms with Gasteiger partial charge in [0.25, 0.3) is 0 Å². The number of phosphoric acid groups is 1. The Morgan fingerprint density at radius 1 is 1.42 bits per heavy atom. The van der Waals surface area contributed by atoms with E-state index in [4.69, 9.17) is 9.79 Å². The van der Waals surface area contributed by atoms with Crippen molar-refractivity contribution in [1.29, 1.82) is 0 Å². The van der Waals surface area contributed by atoms with E-state index in [-0.39, 0.29) is 0 Å². The number of phosphoric ester groups is 1. The van der Waals surface area contributed by atoms with Crippen LogP contribution < -0.4 is 0 Å². The van der Waals surface area contributed by atoms with Gasteiger partial charge in [0, 0.05) is 0 Å². The van der Waals surface area contributed by atoms with Crippen LogP contribution in [0.3, 0.4) is 0 Å². The first-order valence-corrected chi connectivity index (χ1v) is 4.04. The lowest BCUT2D eigenvalue weighted by Gasteiger charge is -2.14. The molecule has 12 heavy (non-hydrogen) atoms. The fourth-order valence-corrected chi connectivity index (χ4v) is 0.573. The summed E-state index contributed by atoms with van der Waals surface area (Å²) in [4.78, 5) is 15.7. The van der Waals surface area contributed by atoms with E-state index >= 15 is 0 Å². The van der Waals surface area contributed by atoms with Gasteiger partial charge in [-0.3, -0.25) is 4.52 Å². The van der Waals surface area contributed by atoms with E-state index in [0.29, 0.717) is 0 Å². The van der Waals surface area contributed by atoms with Gasteiger partial charge < -0.3 is 9.79 Å². The van der Waals surface area contributed by atoms with Crippen molar-refractivity contribution in [1.82, 2.24) is 0 Å². The fraction of sp³-hybridized carbons (Fsp3) is 1.00. The maximum absolute atomic E-state index is 11.9. The summed E-state index contributed by atoms with van der Waals surface area (Å²) in [5.74, 6) is -4.54. The van der Waals surface area contributed by atoms with Crippen molar-refractivity contribution in [3.8, 4) is 0 Å². The van der Waals surface area contributed by atoms with Gasteiger partial charge in [-0.1, -0.05) is 0 Å². The molecule has 0 bridgehead atoms. The molecular weight excluding hydrogens is 207 g/mol. The molecule has 0 aliphatic carbocycles. The summed E-state index contributed by atoms with van der Waals surface area (Å²) >= 11 is 0. The molecule has 0 aliphatic heterocycles. The van der Waals surface area contributed by atoms with Gasteiger partial charge >= 0.3 is 20.2 Å². The Balaban J connectivity index is 4.01. The minimum absolute atomic E-state index is 2.01. The summed E-state index contributed by atoms with van der Waals surface area (Å²) in [6.07, 6.45) is -4.01. The summed E-state index contributed by atoms with van der Waals surface area (Å²) in [7, 11) is -5.12. The third kappa shape index (κ3) is 4.66. The second kappa shape index (κ2) is 3.69. The zero-order valence-electron chi connectivity index (χ0n) is 5.45. The molecule has 0 heterocycles. The highest BCUT2D eigenvalue weighted by Crippen LogP contribution is 2.38. The molecule has 0 saturated heterocycles. The predicted molar refractivity (Wildman–Crippen MR) is 28.9 cm³/mol. The second-order valence-corrected chi connectivity index (χ2v) is 3.07. The Bertz CT molecular complexity index is 189. The summed E-state index contributed by atoms with van der Waals surface area (Å²) in [5, 5.41) is 0. The molecule has 0 fully saturated rings. The van der Waals surface area contributed by atoms with E-state index in [1.807, 2.05) is 0 Å². The molecule has 0 unspecified atom stereocenters. The van der Waals surface area contributed by atoms with Crippen LogP contribution >= 0.6 is 7.82 Å². The molecule has 74 valence electrons. The van der Waals surface area contributed by atoms with Gasteiger partial charge in [-0.05, 0) is 0 Å². The molecule has 0 radical (unpaired) electrons. The van der Waals surface area contributed by atoms with E-state index in [0.717, 1.165) is 0 Å². The van der Waals surface area contributed by atoms with Crippen molar-refractivity contribution < 1.29 is 36.4 Å². The Morgan fingerprint density at radius 3 is 2.08 bits per heavy atom. The summed E-state index contributed by atoms with van der Waals surface area (Å²) in [6.45, 7) is -2.01. The lowest BCUT2D eigenvalue weighted by atomic mass is 10.4. The van der Waals surface area contributed by atoms with Crippen LogP contribution in [0.5, 0.6) is 0 Å². The Labute approximate surface area is 64.4 Å². The Kier molecular flexibility index (Phi) is 3.64. The van der Waals surface area contributed by atoms with Gasteiger partial charge in [0.1, 0.15) is 6.61 Å². The van der Waals surface area contributed by atoms with Crippen LogP contribution in [-0.2, 0) is 9.09 Å². The third-order valence-corrected chi connectivity index (χ3v) is 1.21. The zero-order valence-corrected chi connectivity index (χ0v) is 6.35. The molecule has 0 rings (SSSR count). The Hall–Kier alpha value is -0.170. The highest BCUT2D eigenvalue weighted by molar-refractivity contribution is 7.46. The molecule has 4 nitrogen and oxygen atoms in total. The van der Waals surface area contributed by atoms with Crippen molar-refractivity contribution in [2.45, 2.75) is 12.3 Å². The predicted octanol–water partition coefficient (Wildman–Crippen LogP) is 0.996. The van der Waals surface area contributed by atoms with Gasteiger partial charge in [0.05, 0.1) is 0 Å². The van der Waals surface area contributed by atoms with Crippen LogP contribution in [0, 0.1) is 0 Å². The molecule has 0 saturated carbocycles. The monoisotopic (exact) mass is 212 g/mol. The van der Waals surface area contributed by atoms with E-state index in [1.165, 1.54) is 0 Å². The van der Waals surface area contributed by atoms with Crippen LogP contribution in [0.25, 0.3) is 0 Å². The maximum Gasteiger partial charge on any atom is 0.469 e. The number of rotatable bonds is 4. The SMILES string of the molecule is O=P(O)(O)OCC(F)(F)C(F)F. The van der Waals surface area contributed by atoms with Crippen molar-refractivity contribution in [2.75, 3.05) is 6.61 Å². The highest BCUT2D eigenvalue weighted by atomic mass is 31.2. The first-order chi connectivity index (χ1) is 5.15. The highest BCUT2D eigenvalue weighted by Gasteiger charge is 2.42. The summed E-state index contributed by atoms with van der Waals surface area (Å²) < 4.78 is 59.3. The van der Waals surface area contributed by atoms with E-state index in [2.05, 4.69) is 4.52 Å². The fourth-order valence-electron chi connectivity index (χ4n) is 0.233. The van der Waals surface area contributed by atoms with Crippen LogP contribution in [0.2, 0.25) is 0 Å². The quantitative estimate of drug-likeness (QED) is 0.538. The number of alkyl halides is 4. The number of hydrogen-bond donors (Lipinski definition) is 2. The van der Waals surface area contributed by atoms with Gasteiger partial charge in [-0.25, -0.2) is 13.3 Å². The smallest absolute Gasteiger partial charge is 0.303 e. The maximum atomic E-state index is 11.9. The number of halogens is 4. The molecular formula is C3H5F4O4P.